The van der Waals surface area contributed by atoms with E-state index in [1.54, 1.807) is 0 Å². The summed E-state index contributed by atoms with van der Waals surface area (Å²) >= 11 is 0. The van der Waals surface area contributed by atoms with E-state index >= 15 is 0 Å². The average molecular weight is 282 g/mol. The summed E-state index contributed by atoms with van der Waals surface area (Å²) in [6.07, 6.45) is 5.92. The topological polar surface area (TPSA) is 41.6 Å². The second-order valence-electron chi connectivity index (χ2n) is 6.83. The molecule has 0 spiro atoms. The van der Waals surface area contributed by atoms with Gasteiger partial charge in [-0.3, -0.25) is 10.1 Å². The molecule has 0 aromatic rings. The fourth-order valence-electron chi connectivity index (χ4n) is 3.08. The van der Waals surface area contributed by atoms with Gasteiger partial charge in [-0.15, -0.1) is 0 Å². The number of carbonyl (C=O) groups is 1. The lowest BCUT2D eigenvalue weighted by Gasteiger charge is -2.36. The second kappa shape index (κ2) is 6.44. The van der Waals surface area contributed by atoms with Crippen LogP contribution in [0.5, 0.6) is 0 Å². The fourth-order valence-corrected chi connectivity index (χ4v) is 3.08. The van der Waals surface area contributed by atoms with Crippen molar-refractivity contribution in [3.63, 3.8) is 0 Å². The van der Waals surface area contributed by atoms with Gasteiger partial charge in [-0.25, -0.2) is 0 Å². The molecule has 2 atom stereocenters. The van der Waals surface area contributed by atoms with Gasteiger partial charge in [0, 0.05) is 18.6 Å². The van der Waals surface area contributed by atoms with Gasteiger partial charge in [0.25, 0.3) is 0 Å². The molecule has 2 saturated carbocycles. The maximum absolute atomic E-state index is 12.2. The molecule has 20 heavy (non-hydrogen) atoms. The number of nitrogens with one attached hydrogen (secondary N) is 1. The third-order valence-electron chi connectivity index (χ3n) is 4.66. The van der Waals surface area contributed by atoms with Gasteiger partial charge in [0.15, 0.2) is 0 Å². The second-order valence-corrected chi connectivity index (χ2v) is 6.83. The van der Waals surface area contributed by atoms with Crippen molar-refractivity contribution in [2.75, 3.05) is 20.2 Å². The summed E-state index contributed by atoms with van der Waals surface area (Å²) in [5, 5.41) is 3.50. The number of rotatable bonds is 9. The van der Waals surface area contributed by atoms with Gasteiger partial charge in [-0.05, 0) is 58.4 Å². The van der Waals surface area contributed by atoms with Crippen molar-refractivity contribution in [1.29, 1.82) is 0 Å². The summed E-state index contributed by atoms with van der Waals surface area (Å²) in [6, 6.07) is 0.903. The van der Waals surface area contributed by atoms with Crippen LogP contribution in [0.1, 0.15) is 52.9 Å². The molecule has 0 bridgehead atoms. The third-order valence-corrected chi connectivity index (χ3v) is 4.66. The zero-order valence-electron chi connectivity index (χ0n) is 13.4. The van der Waals surface area contributed by atoms with Gasteiger partial charge in [0.05, 0.1) is 7.11 Å². The smallest absolute Gasteiger partial charge is 0.325 e. The molecule has 2 unspecified atom stereocenters. The lowest BCUT2D eigenvalue weighted by Crippen LogP contribution is -2.55. The number of carbonyl (C=O) groups excluding carboxylic acids is 1. The Kier molecular flexibility index (Phi) is 5.08. The first-order valence-electron chi connectivity index (χ1n) is 8.08. The molecule has 0 heterocycles. The van der Waals surface area contributed by atoms with Crippen molar-refractivity contribution >= 4 is 5.97 Å². The van der Waals surface area contributed by atoms with Crippen LogP contribution in [0, 0.1) is 5.92 Å². The van der Waals surface area contributed by atoms with E-state index < -0.39 is 5.54 Å². The van der Waals surface area contributed by atoms with Gasteiger partial charge >= 0.3 is 5.97 Å². The minimum absolute atomic E-state index is 0.126. The Morgan fingerprint density at radius 2 is 2.05 bits per heavy atom. The van der Waals surface area contributed by atoms with Crippen LogP contribution >= 0.6 is 0 Å². The normalized spacial score (nSPS) is 23.4. The van der Waals surface area contributed by atoms with Gasteiger partial charge in [-0.2, -0.15) is 0 Å². The quantitative estimate of drug-likeness (QED) is 0.658. The van der Waals surface area contributed by atoms with Gasteiger partial charge in [-0.1, -0.05) is 6.92 Å². The summed E-state index contributed by atoms with van der Waals surface area (Å²) in [5.41, 5.74) is -0.549. The first kappa shape index (κ1) is 15.8. The van der Waals surface area contributed by atoms with Crippen molar-refractivity contribution in [2.24, 2.45) is 5.92 Å². The van der Waals surface area contributed by atoms with Crippen LogP contribution in [0.4, 0.5) is 0 Å². The summed E-state index contributed by atoms with van der Waals surface area (Å²) in [6.45, 7) is 8.68. The van der Waals surface area contributed by atoms with Gasteiger partial charge in [0.2, 0.25) is 0 Å². The summed E-state index contributed by atoms with van der Waals surface area (Å²) < 4.78 is 5.03. The van der Waals surface area contributed by atoms with Gasteiger partial charge < -0.3 is 9.64 Å². The molecule has 1 N–H and O–H groups in total. The number of methoxy groups -OCH3 is 1. The highest BCUT2D eigenvalue weighted by molar-refractivity contribution is 5.80. The Hall–Kier alpha value is -0.610. The highest BCUT2D eigenvalue weighted by atomic mass is 16.5. The minimum Gasteiger partial charge on any atom is -0.468 e. The molecule has 0 aromatic heterocycles. The van der Waals surface area contributed by atoms with E-state index in [2.05, 4.69) is 24.1 Å². The van der Waals surface area contributed by atoms with Gasteiger partial charge in [0.1, 0.15) is 5.54 Å². The molecule has 4 heteroatoms. The number of hydrogen-bond acceptors (Lipinski definition) is 4. The van der Waals surface area contributed by atoms with E-state index in [1.807, 2.05) is 6.92 Å². The summed E-state index contributed by atoms with van der Waals surface area (Å²) in [5.74, 6) is 0.761. The average Bonchev–Trinajstić information content (AvgIpc) is 3.29. The molecule has 0 radical (unpaired) electrons. The Balaban J connectivity index is 1.95. The molecular weight excluding hydrogens is 252 g/mol. The van der Waals surface area contributed by atoms with Crippen LogP contribution in [0.25, 0.3) is 0 Å². The molecular formula is C16H30N2O2. The molecule has 116 valence electrons. The van der Waals surface area contributed by atoms with Crippen molar-refractivity contribution in [2.45, 2.75) is 70.5 Å². The Labute approximate surface area is 123 Å². The molecule has 0 saturated heterocycles. The van der Waals surface area contributed by atoms with E-state index in [1.165, 1.54) is 39.3 Å². The molecule has 2 aliphatic rings. The number of hydrogen-bond donors (Lipinski definition) is 1. The van der Waals surface area contributed by atoms with E-state index in [9.17, 15) is 4.79 Å². The largest absolute Gasteiger partial charge is 0.468 e. The Morgan fingerprint density at radius 1 is 1.40 bits per heavy atom. The predicted octanol–water partition coefficient (Wildman–Crippen LogP) is 2.18. The van der Waals surface area contributed by atoms with Crippen LogP contribution in [-0.4, -0.2) is 48.7 Å². The Bertz CT molecular complexity index is 339. The molecule has 4 nitrogen and oxygen atoms in total. The first-order chi connectivity index (χ1) is 9.48. The Morgan fingerprint density at radius 3 is 2.50 bits per heavy atom. The lowest BCUT2D eigenvalue weighted by molar-refractivity contribution is -0.149. The van der Waals surface area contributed by atoms with Crippen molar-refractivity contribution in [1.82, 2.24) is 10.2 Å². The molecule has 2 fully saturated rings. The lowest BCUT2D eigenvalue weighted by atomic mass is 9.92. The van der Waals surface area contributed by atoms with E-state index in [0.29, 0.717) is 12.1 Å². The highest BCUT2D eigenvalue weighted by Crippen LogP contribution is 2.32. The van der Waals surface area contributed by atoms with Crippen LogP contribution < -0.4 is 5.32 Å². The number of nitrogens with zero attached hydrogens (tertiary/aromatic N) is 1. The monoisotopic (exact) mass is 282 g/mol. The van der Waals surface area contributed by atoms with Crippen LogP contribution in [0.15, 0.2) is 0 Å². The SMILES string of the molecule is CCN(CC1CC1)C(C)CC(C)(NC1CC1)C(=O)OC. The minimum atomic E-state index is -0.549. The maximum atomic E-state index is 12.2. The number of ether oxygens (including phenoxy) is 1. The van der Waals surface area contributed by atoms with Crippen molar-refractivity contribution < 1.29 is 9.53 Å². The van der Waals surface area contributed by atoms with E-state index in [4.69, 9.17) is 4.74 Å². The fraction of sp³-hybridized carbons (Fsp3) is 0.938. The van der Waals surface area contributed by atoms with Crippen LogP contribution in [0.3, 0.4) is 0 Å². The molecule has 2 rings (SSSR count). The summed E-state index contributed by atoms with van der Waals surface area (Å²) in [7, 11) is 1.49. The number of esters is 1. The van der Waals surface area contributed by atoms with E-state index in [0.717, 1.165) is 18.9 Å². The third kappa shape index (κ3) is 4.19. The van der Waals surface area contributed by atoms with Crippen LogP contribution in [-0.2, 0) is 9.53 Å². The summed E-state index contributed by atoms with van der Waals surface area (Å²) in [4.78, 5) is 14.7. The highest BCUT2D eigenvalue weighted by Gasteiger charge is 2.41. The zero-order chi connectivity index (χ0) is 14.8. The maximum Gasteiger partial charge on any atom is 0.325 e. The van der Waals surface area contributed by atoms with Crippen LogP contribution in [0.2, 0.25) is 0 Å². The molecule has 0 amide bonds. The van der Waals surface area contributed by atoms with Crippen molar-refractivity contribution in [3.8, 4) is 0 Å². The molecule has 0 aromatic carbocycles. The van der Waals surface area contributed by atoms with Crippen molar-refractivity contribution in [3.05, 3.63) is 0 Å². The zero-order valence-corrected chi connectivity index (χ0v) is 13.4. The first-order valence-corrected chi connectivity index (χ1v) is 8.08. The molecule has 2 aliphatic carbocycles. The molecule has 0 aliphatic heterocycles. The van der Waals surface area contributed by atoms with E-state index in [-0.39, 0.29) is 5.97 Å². The predicted molar refractivity (Wildman–Crippen MR) is 80.6 cm³/mol. The standard InChI is InChI=1S/C16H30N2O2/c1-5-18(11-13-6-7-13)12(2)10-16(3,15(19)20-4)17-14-8-9-14/h12-14,17H,5-11H2,1-4H3.